The van der Waals surface area contributed by atoms with Crippen LogP contribution < -0.4 is 10.6 Å². The first kappa shape index (κ1) is 12.6. The third-order valence-corrected chi connectivity index (χ3v) is 2.81. The zero-order valence-electron chi connectivity index (χ0n) is 10.3. The van der Waals surface area contributed by atoms with Gasteiger partial charge in [-0.15, -0.1) is 0 Å². The average molecular weight is 260 g/mol. The standard InChI is InChI=1S/C13H16N4S/c1-2-17-12(8-9-15-17)10-14-13(18)16-11-6-4-3-5-7-11/h3-9H,2,10H2,1H3,(H2,14,16,18). The number of hydrogen-bond donors (Lipinski definition) is 2. The molecule has 2 aromatic rings. The first-order valence-corrected chi connectivity index (χ1v) is 6.31. The van der Waals surface area contributed by atoms with E-state index in [0.29, 0.717) is 11.7 Å². The van der Waals surface area contributed by atoms with Gasteiger partial charge in [-0.2, -0.15) is 5.10 Å². The zero-order chi connectivity index (χ0) is 12.8. The molecule has 18 heavy (non-hydrogen) atoms. The Bertz CT molecular complexity index is 507. The predicted octanol–water partition coefficient (Wildman–Crippen LogP) is 2.39. The minimum Gasteiger partial charge on any atom is -0.357 e. The summed E-state index contributed by atoms with van der Waals surface area (Å²) in [5, 5.41) is 11.1. The van der Waals surface area contributed by atoms with E-state index in [9.17, 15) is 0 Å². The maximum atomic E-state index is 5.24. The largest absolute Gasteiger partial charge is 0.357 e. The highest BCUT2D eigenvalue weighted by Gasteiger charge is 2.01. The Hall–Kier alpha value is -1.88. The van der Waals surface area contributed by atoms with Crippen LogP contribution in [-0.2, 0) is 13.1 Å². The fourth-order valence-corrected chi connectivity index (χ4v) is 1.85. The van der Waals surface area contributed by atoms with E-state index < -0.39 is 0 Å². The van der Waals surface area contributed by atoms with E-state index in [1.165, 1.54) is 0 Å². The lowest BCUT2D eigenvalue weighted by Gasteiger charge is -2.11. The molecule has 2 N–H and O–H groups in total. The van der Waals surface area contributed by atoms with Gasteiger partial charge in [-0.1, -0.05) is 18.2 Å². The minimum absolute atomic E-state index is 0.616. The lowest BCUT2D eigenvalue weighted by atomic mass is 10.3. The van der Waals surface area contributed by atoms with E-state index in [4.69, 9.17) is 12.2 Å². The van der Waals surface area contributed by atoms with Crippen molar-refractivity contribution >= 4 is 23.0 Å². The molecule has 0 fully saturated rings. The highest BCUT2D eigenvalue weighted by molar-refractivity contribution is 7.80. The number of aryl methyl sites for hydroxylation is 1. The summed E-state index contributed by atoms with van der Waals surface area (Å²) in [6, 6.07) is 11.9. The Morgan fingerprint density at radius 1 is 1.28 bits per heavy atom. The number of rotatable bonds is 4. The van der Waals surface area contributed by atoms with Crippen molar-refractivity contribution in [1.29, 1.82) is 0 Å². The van der Waals surface area contributed by atoms with Crippen LogP contribution in [0.15, 0.2) is 42.6 Å². The van der Waals surface area contributed by atoms with E-state index in [-0.39, 0.29) is 0 Å². The normalized spacial score (nSPS) is 10.1. The second kappa shape index (κ2) is 6.16. The molecule has 1 aromatic carbocycles. The van der Waals surface area contributed by atoms with Crippen molar-refractivity contribution in [3.8, 4) is 0 Å². The number of hydrogen-bond acceptors (Lipinski definition) is 2. The number of benzene rings is 1. The predicted molar refractivity (Wildman–Crippen MR) is 77.4 cm³/mol. The average Bonchev–Trinajstić information content (AvgIpc) is 2.85. The molecule has 0 radical (unpaired) electrons. The van der Waals surface area contributed by atoms with E-state index in [0.717, 1.165) is 17.9 Å². The molecule has 0 atom stereocenters. The van der Waals surface area contributed by atoms with Crippen molar-refractivity contribution in [1.82, 2.24) is 15.1 Å². The number of aromatic nitrogens is 2. The van der Waals surface area contributed by atoms with Crippen LogP contribution in [0, 0.1) is 0 Å². The Morgan fingerprint density at radius 3 is 2.78 bits per heavy atom. The summed E-state index contributed by atoms with van der Waals surface area (Å²) >= 11 is 5.24. The van der Waals surface area contributed by atoms with Crippen LogP contribution in [0.3, 0.4) is 0 Å². The van der Waals surface area contributed by atoms with Gasteiger partial charge in [-0.3, -0.25) is 4.68 Å². The van der Waals surface area contributed by atoms with E-state index in [1.807, 2.05) is 41.1 Å². The topological polar surface area (TPSA) is 41.9 Å². The third kappa shape index (κ3) is 3.30. The first-order valence-electron chi connectivity index (χ1n) is 5.90. The van der Waals surface area contributed by atoms with E-state index in [2.05, 4.69) is 22.7 Å². The monoisotopic (exact) mass is 260 g/mol. The summed E-state index contributed by atoms with van der Waals surface area (Å²) in [5.74, 6) is 0. The van der Waals surface area contributed by atoms with Gasteiger partial charge in [0.25, 0.3) is 0 Å². The molecule has 4 nitrogen and oxygen atoms in total. The molecule has 0 saturated carbocycles. The Kier molecular flexibility index (Phi) is 4.30. The molecular weight excluding hydrogens is 244 g/mol. The molecule has 0 bridgehead atoms. The van der Waals surface area contributed by atoms with Crippen LogP contribution >= 0.6 is 12.2 Å². The van der Waals surface area contributed by atoms with Gasteiger partial charge in [0.1, 0.15) is 0 Å². The quantitative estimate of drug-likeness (QED) is 0.828. The Balaban J connectivity index is 1.85. The van der Waals surface area contributed by atoms with Gasteiger partial charge in [0.2, 0.25) is 0 Å². The molecule has 94 valence electrons. The Labute approximate surface area is 112 Å². The summed E-state index contributed by atoms with van der Waals surface area (Å²) in [5.41, 5.74) is 2.11. The molecule has 5 heteroatoms. The summed E-state index contributed by atoms with van der Waals surface area (Å²) in [7, 11) is 0. The second-order valence-corrected chi connectivity index (χ2v) is 4.22. The summed E-state index contributed by atoms with van der Waals surface area (Å²) in [6.45, 7) is 3.60. The molecule has 1 heterocycles. The smallest absolute Gasteiger partial charge is 0.171 e. The highest BCUT2D eigenvalue weighted by Crippen LogP contribution is 2.05. The maximum Gasteiger partial charge on any atom is 0.171 e. The van der Waals surface area contributed by atoms with Gasteiger partial charge >= 0.3 is 0 Å². The van der Waals surface area contributed by atoms with Crippen molar-refractivity contribution in [2.75, 3.05) is 5.32 Å². The molecule has 0 unspecified atom stereocenters. The second-order valence-electron chi connectivity index (χ2n) is 3.81. The molecule has 0 saturated heterocycles. The molecule has 0 spiro atoms. The molecular formula is C13H16N4S. The van der Waals surface area contributed by atoms with Gasteiger partial charge in [-0.25, -0.2) is 0 Å². The van der Waals surface area contributed by atoms with Gasteiger partial charge in [-0.05, 0) is 37.3 Å². The number of anilines is 1. The van der Waals surface area contributed by atoms with Crippen molar-refractivity contribution in [3.05, 3.63) is 48.3 Å². The van der Waals surface area contributed by atoms with Crippen molar-refractivity contribution in [2.24, 2.45) is 0 Å². The van der Waals surface area contributed by atoms with Crippen molar-refractivity contribution in [3.63, 3.8) is 0 Å². The van der Waals surface area contributed by atoms with Crippen molar-refractivity contribution in [2.45, 2.75) is 20.0 Å². The fourth-order valence-electron chi connectivity index (χ4n) is 1.66. The molecule has 0 aliphatic rings. The van der Waals surface area contributed by atoms with Gasteiger partial charge in [0, 0.05) is 18.4 Å². The number of nitrogens with one attached hydrogen (secondary N) is 2. The highest BCUT2D eigenvalue weighted by atomic mass is 32.1. The van der Waals surface area contributed by atoms with Crippen LogP contribution in [0.5, 0.6) is 0 Å². The molecule has 0 aliphatic carbocycles. The van der Waals surface area contributed by atoms with Gasteiger partial charge in [0.15, 0.2) is 5.11 Å². The van der Waals surface area contributed by atoms with Gasteiger partial charge < -0.3 is 10.6 Å². The number of nitrogens with zero attached hydrogens (tertiary/aromatic N) is 2. The lowest BCUT2D eigenvalue weighted by Crippen LogP contribution is -2.28. The van der Waals surface area contributed by atoms with E-state index in [1.54, 1.807) is 6.20 Å². The van der Waals surface area contributed by atoms with E-state index >= 15 is 0 Å². The molecule has 2 rings (SSSR count). The van der Waals surface area contributed by atoms with Crippen LogP contribution in [0.4, 0.5) is 5.69 Å². The summed E-state index contributed by atoms with van der Waals surface area (Å²) in [4.78, 5) is 0. The van der Waals surface area contributed by atoms with Crippen molar-refractivity contribution < 1.29 is 0 Å². The van der Waals surface area contributed by atoms with Crippen LogP contribution in [0.25, 0.3) is 0 Å². The van der Waals surface area contributed by atoms with Gasteiger partial charge in [0.05, 0.1) is 12.2 Å². The molecule has 0 amide bonds. The summed E-state index contributed by atoms with van der Waals surface area (Å²) in [6.07, 6.45) is 1.80. The Morgan fingerprint density at radius 2 is 2.06 bits per heavy atom. The zero-order valence-corrected chi connectivity index (χ0v) is 11.1. The molecule has 1 aromatic heterocycles. The van der Waals surface area contributed by atoms with Crippen LogP contribution in [0.1, 0.15) is 12.6 Å². The van der Waals surface area contributed by atoms with Crippen LogP contribution in [0.2, 0.25) is 0 Å². The lowest BCUT2D eigenvalue weighted by molar-refractivity contribution is 0.614. The SMILES string of the molecule is CCn1nccc1CNC(=S)Nc1ccccc1. The molecule has 0 aliphatic heterocycles. The summed E-state index contributed by atoms with van der Waals surface area (Å²) < 4.78 is 1.94. The number of para-hydroxylation sites is 1. The van der Waals surface area contributed by atoms with Crippen LogP contribution in [-0.4, -0.2) is 14.9 Å². The first-order chi connectivity index (χ1) is 8.79. The minimum atomic E-state index is 0.616. The maximum absolute atomic E-state index is 5.24. The fraction of sp³-hybridized carbons (Fsp3) is 0.231. The number of thiocarbonyl (C=S) groups is 1. The third-order valence-electron chi connectivity index (χ3n) is 2.57.